The second-order valence-electron chi connectivity index (χ2n) is 3.54. The second kappa shape index (κ2) is 4.33. The summed E-state index contributed by atoms with van der Waals surface area (Å²) >= 11 is 5.70. The standard InChI is InChI=1S/C10H10ClN3O3/c11-8-5(12)4-13-14(10(8)17)6-2-1-3-7(15)9(6)16/h1-4,7,9,15-16H,12H2. The van der Waals surface area contributed by atoms with Crippen LogP contribution in [0.5, 0.6) is 0 Å². The Bertz CT molecular complexity index is 564. The van der Waals surface area contributed by atoms with Crippen molar-refractivity contribution in [1.82, 2.24) is 9.78 Å². The molecule has 0 aromatic carbocycles. The largest absolute Gasteiger partial charge is 0.396 e. The zero-order chi connectivity index (χ0) is 12.6. The molecule has 2 rings (SSSR count). The van der Waals surface area contributed by atoms with Crippen LogP contribution in [0.4, 0.5) is 5.69 Å². The highest BCUT2D eigenvalue weighted by atomic mass is 35.5. The number of aliphatic hydroxyl groups is 2. The number of rotatable bonds is 1. The van der Waals surface area contributed by atoms with Gasteiger partial charge < -0.3 is 15.9 Å². The van der Waals surface area contributed by atoms with Crippen LogP contribution in [0.2, 0.25) is 5.02 Å². The summed E-state index contributed by atoms with van der Waals surface area (Å²) in [6, 6.07) is 0. The lowest BCUT2D eigenvalue weighted by molar-refractivity contribution is 0.0815. The molecule has 17 heavy (non-hydrogen) atoms. The van der Waals surface area contributed by atoms with Crippen LogP contribution in [0, 0.1) is 0 Å². The van der Waals surface area contributed by atoms with Crippen molar-refractivity contribution in [3.8, 4) is 0 Å². The van der Waals surface area contributed by atoms with E-state index in [1.165, 1.54) is 24.4 Å². The molecule has 1 aromatic heterocycles. The van der Waals surface area contributed by atoms with Crippen LogP contribution < -0.4 is 11.3 Å². The lowest BCUT2D eigenvalue weighted by Crippen LogP contribution is -2.35. The van der Waals surface area contributed by atoms with E-state index in [0.29, 0.717) is 0 Å². The number of aliphatic hydroxyl groups excluding tert-OH is 2. The molecular weight excluding hydrogens is 246 g/mol. The predicted octanol–water partition coefficient (Wildman–Crippen LogP) is -0.389. The van der Waals surface area contributed by atoms with E-state index < -0.39 is 17.8 Å². The Balaban J connectivity index is 2.56. The fraction of sp³-hybridized carbons (Fsp3) is 0.200. The maximum atomic E-state index is 11.8. The van der Waals surface area contributed by atoms with Crippen molar-refractivity contribution in [3.05, 3.63) is 39.8 Å². The molecule has 6 nitrogen and oxygen atoms in total. The Kier molecular flexibility index (Phi) is 3.01. The zero-order valence-electron chi connectivity index (χ0n) is 8.62. The van der Waals surface area contributed by atoms with Crippen LogP contribution in [-0.2, 0) is 0 Å². The van der Waals surface area contributed by atoms with Gasteiger partial charge in [-0.15, -0.1) is 0 Å². The number of hydrogen-bond donors (Lipinski definition) is 3. The number of halogens is 1. The molecule has 90 valence electrons. The summed E-state index contributed by atoms with van der Waals surface area (Å²) in [6.07, 6.45) is 3.29. The first kappa shape index (κ1) is 11.8. The van der Waals surface area contributed by atoms with Crippen LogP contribution in [0.1, 0.15) is 0 Å². The van der Waals surface area contributed by atoms with E-state index >= 15 is 0 Å². The van der Waals surface area contributed by atoms with Gasteiger partial charge in [0.15, 0.2) is 0 Å². The summed E-state index contributed by atoms with van der Waals surface area (Å²) < 4.78 is 0.913. The van der Waals surface area contributed by atoms with Crippen molar-refractivity contribution < 1.29 is 10.2 Å². The molecule has 2 unspecified atom stereocenters. The fourth-order valence-electron chi connectivity index (χ4n) is 1.47. The van der Waals surface area contributed by atoms with Gasteiger partial charge in [0.1, 0.15) is 17.2 Å². The zero-order valence-corrected chi connectivity index (χ0v) is 9.37. The van der Waals surface area contributed by atoms with Crippen LogP contribution in [0.3, 0.4) is 0 Å². The summed E-state index contributed by atoms with van der Waals surface area (Å²) in [5.41, 5.74) is 5.00. The predicted molar refractivity (Wildman–Crippen MR) is 63.3 cm³/mol. The van der Waals surface area contributed by atoms with E-state index in [-0.39, 0.29) is 16.4 Å². The van der Waals surface area contributed by atoms with Crippen molar-refractivity contribution in [2.24, 2.45) is 0 Å². The van der Waals surface area contributed by atoms with Crippen molar-refractivity contribution in [2.75, 3.05) is 5.73 Å². The molecule has 1 aliphatic carbocycles. The lowest BCUT2D eigenvalue weighted by atomic mass is 10.1. The molecule has 0 aliphatic heterocycles. The maximum Gasteiger partial charge on any atom is 0.292 e. The molecule has 1 aromatic rings. The van der Waals surface area contributed by atoms with Crippen molar-refractivity contribution >= 4 is 23.0 Å². The van der Waals surface area contributed by atoms with E-state index in [1.807, 2.05) is 0 Å². The Morgan fingerprint density at radius 2 is 2.18 bits per heavy atom. The minimum atomic E-state index is -1.23. The van der Waals surface area contributed by atoms with Gasteiger partial charge in [-0.3, -0.25) is 4.79 Å². The average molecular weight is 256 g/mol. The van der Waals surface area contributed by atoms with Gasteiger partial charge in [0.25, 0.3) is 5.56 Å². The summed E-state index contributed by atoms with van der Waals surface area (Å²) in [6.45, 7) is 0. The summed E-state index contributed by atoms with van der Waals surface area (Å²) in [5, 5.41) is 22.8. The molecule has 0 bridgehead atoms. The number of aromatic nitrogens is 2. The molecule has 1 aliphatic rings. The van der Waals surface area contributed by atoms with Gasteiger partial charge in [-0.25, -0.2) is 0 Å². The van der Waals surface area contributed by atoms with Crippen molar-refractivity contribution in [3.63, 3.8) is 0 Å². The summed E-state index contributed by atoms with van der Waals surface area (Å²) in [5.74, 6) is 0. The summed E-state index contributed by atoms with van der Waals surface area (Å²) in [7, 11) is 0. The smallest absolute Gasteiger partial charge is 0.292 e. The van der Waals surface area contributed by atoms with Gasteiger partial charge >= 0.3 is 0 Å². The molecule has 0 radical (unpaired) electrons. The third-order valence-electron chi connectivity index (χ3n) is 2.39. The van der Waals surface area contributed by atoms with Crippen LogP contribution in [0.15, 0.2) is 29.2 Å². The SMILES string of the molecule is Nc1cnn(C2=CC=CC(O)C2O)c(=O)c1Cl. The molecule has 0 saturated carbocycles. The highest BCUT2D eigenvalue weighted by Crippen LogP contribution is 2.18. The Morgan fingerprint density at radius 1 is 1.47 bits per heavy atom. The van der Waals surface area contributed by atoms with Crippen molar-refractivity contribution in [2.45, 2.75) is 12.2 Å². The second-order valence-corrected chi connectivity index (χ2v) is 3.92. The van der Waals surface area contributed by atoms with E-state index in [0.717, 1.165) is 4.68 Å². The van der Waals surface area contributed by atoms with Gasteiger partial charge in [0, 0.05) is 0 Å². The third-order valence-corrected chi connectivity index (χ3v) is 2.77. The van der Waals surface area contributed by atoms with E-state index in [9.17, 15) is 15.0 Å². The molecule has 4 N–H and O–H groups in total. The molecular formula is C10H10ClN3O3. The fourth-order valence-corrected chi connectivity index (χ4v) is 1.60. The minimum absolute atomic E-state index is 0.0647. The highest BCUT2D eigenvalue weighted by molar-refractivity contribution is 6.32. The van der Waals surface area contributed by atoms with E-state index in [4.69, 9.17) is 17.3 Å². The Labute approximate surface area is 101 Å². The quantitative estimate of drug-likeness (QED) is 0.635. The number of nitrogen functional groups attached to an aromatic ring is 1. The Morgan fingerprint density at radius 3 is 2.88 bits per heavy atom. The first-order valence-corrected chi connectivity index (χ1v) is 5.18. The van der Waals surface area contributed by atoms with Gasteiger partial charge in [-0.1, -0.05) is 23.8 Å². The van der Waals surface area contributed by atoms with Crippen LogP contribution in [-0.4, -0.2) is 32.2 Å². The molecule has 0 amide bonds. The van der Waals surface area contributed by atoms with E-state index in [2.05, 4.69) is 5.10 Å². The third kappa shape index (κ3) is 1.97. The van der Waals surface area contributed by atoms with Crippen LogP contribution in [0.25, 0.3) is 5.70 Å². The first-order valence-electron chi connectivity index (χ1n) is 4.80. The van der Waals surface area contributed by atoms with Gasteiger partial charge in [0.05, 0.1) is 17.6 Å². The number of nitrogens with two attached hydrogens (primary N) is 1. The monoisotopic (exact) mass is 255 g/mol. The minimum Gasteiger partial charge on any atom is -0.396 e. The van der Waals surface area contributed by atoms with Gasteiger partial charge in [0.2, 0.25) is 0 Å². The first-order chi connectivity index (χ1) is 8.02. The van der Waals surface area contributed by atoms with Gasteiger partial charge in [-0.2, -0.15) is 9.78 Å². The van der Waals surface area contributed by atoms with Gasteiger partial charge in [-0.05, 0) is 6.08 Å². The molecule has 0 spiro atoms. The summed E-state index contributed by atoms with van der Waals surface area (Å²) in [4.78, 5) is 11.8. The molecule has 0 fully saturated rings. The molecule has 2 atom stereocenters. The molecule has 0 saturated heterocycles. The molecule has 1 heterocycles. The number of nitrogens with zero attached hydrogens (tertiary/aromatic N) is 2. The normalized spacial score (nSPS) is 23.6. The number of hydrogen-bond acceptors (Lipinski definition) is 5. The molecule has 7 heteroatoms. The number of anilines is 1. The van der Waals surface area contributed by atoms with Crippen molar-refractivity contribution in [1.29, 1.82) is 0 Å². The Hall–Kier alpha value is -1.63. The highest BCUT2D eigenvalue weighted by Gasteiger charge is 2.24. The van der Waals surface area contributed by atoms with E-state index in [1.54, 1.807) is 0 Å². The average Bonchev–Trinajstić information content (AvgIpc) is 2.31. The lowest BCUT2D eigenvalue weighted by Gasteiger charge is -2.21. The maximum absolute atomic E-state index is 11.8. The number of allylic oxidation sites excluding steroid dienone is 2. The topological polar surface area (TPSA) is 101 Å². The van der Waals surface area contributed by atoms with Crippen LogP contribution >= 0.6 is 11.6 Å².